The highest BCUT2D eigenvalue weighted by molar-refractivity contribution is 5.48. The standard InChI is InChI=1S/C13H18N4O/c1-17-8-11(16-9-17)12-7-15-13(18-12)3-2-6-14-10-4-5-10/h7-10,14H,2-6H2,1H3. The van der Waals surface area contributed by atoms with Gasteiger partial charge in [-0.05, 0) is 25.8 Å². The van der Waals surface area contributed by atoms with Gasteiger partial charge in [-0.15, -0.1) is 0 Å². The van der Waals surface area contributed by atoms with Gasteiger partial charge in [-0.3, -0.25) is 0 Å². The highest BCUT2D eigenvalue weighted by atomic mass is 16.4. The molecule has 0 unspecified atom stereocenters. The first-order valence-electron chi connectivity index (χ1n) is 6.48. The van der Waals surface area contributed by atoms with Crippen molar-refractivity contribution in [2.45, 2.75) is 31.7 Å². The van der Waals surface area contributed by atoms with E-state index in [0.29, 0.717) is 0 Å². The predicted molar refractivity (Wildman–Crippen MR) is 68.1 cm³/mol. The summed E-state index contributed by atoms with van der Waals surface area (Å²) in [6, 6.07) is 0.777. The topological polar surface area (TPSA) is 55.9 Å². The van der Waals surface area contributed by atoms with Gasteiger partial charge in [-0.2, -0.15) is 0 Å². The molecule has 0 amide bonds. The molecule has 0 atom stereocenters. The summed E-state index contributed by atoms with van der Waals surface area (Å²) < 4.78 is 7.59. The fourth-order valence-electron chi connectivity index (χ4n) is 1.92. The van der Waals surface area contributed by atoms with Crippen LogP contribution in [0, 0.1) is 0 Å². The second kappa shape index (κ2) is 4.94. The molecule has 0 radical (unpaired) electrons. The Hall–Kier alpha value is -1.62. The Labute approximate surface area is 106 Å². The third-order valence-corrected chi connectivity index (χ3v) is 3.09. The van der Waals surface area contributed by atoms with Crippen molar-refractivity contribution in [1.82, 2.24) is 19.9 Å². The number of aryl methyl sites for hydroxylation is 2. The zero-order chi connectivity index (χ0) is 12.4. The van der Waals surface area contributed by atoms with Gasteiger partial charge in [0, 0.05) is 25.7 Å². The average Bonchev–Trinajstić information content (AvgIpc) is 2.88. The monoisotopic (exact) mass is 246 g/mol. The molecule has 1 saturated carbocycles. The fourth-order valence-corrected chi connectivity index (χ4v) is 1.92. The normalized spacial score (nSPS) is 15.2. The maximum atomic E-state index is 5.69. The first-order valence-corrected chi connectivity index (χ1v) is 6.48. The molecule has 18 heavy (non-hydrogen) atoms. The second-order valence-corrected chi connectivity index (χ2v) is 4.87. The van der Waals surface area contributed by atoms with Crippen LogP contribution in [0.5, 0.6) is 0 Å². The molecule has 0 spiro atoms. The maximum absolute atomic E-state index is 5.69. The van der Waals surface area contributed by atoms with Gasteiger partial charge >= 0.3 is 0 Å². The molecule has 1 aliphatic rings. The largest absolute Gasteiger partial charge is 0.439 e. The Bertz CT molecular complexity index is 513. The second-order valence-electron chi connectivity index (χ2n) is 4.87. The Morgan fingerprint density at radius 3 is 3.06 bits per heavy atom. The number of oxazole rings is 1. The Morgan fingerprint density at radius 2 is 2.33 bits per heavy atom. The average molecular weight is 246 g/mol. The van der Waals surface area contributed by atoms with Crippen molar-refractivity contribution in [2.24, 2.45) is 7.05 Å². The van der Waals surface area contributed by atoms with Crippen LogP contribution >= 0.6 is 0 Å². The Kier molecular flexibility index (Phi) is 3.15. The summed E-state index contributed by atoms with van der Waals surface area (Å²) in [4.78, 5) is 8.53. The number of nitrogens with one attached hydrogen (secondary N) is 1. The first kappa shape index (κ1) is 11.5. The molecule has 0 saturated heterocycles. The predicted octanol–water partition coefficient (Wildman–Crippen LogP) is 1.76. The molecule has 5 nitrogen and oxygen atoms in total. The summed E-state index contributed by atoms with van der Waals surface area (Å²) >= 11 is 0. The zero-order valence-electron chi connectivity index (χ0n) is 10.6. The number of hydrogen-bond donors (Lipinski definition) is 1. The molecule has 0 aromatic carbocycles. The van der Waals surface area contributed by atoms with E-state index in [-0.39, 0.29) is 0 Å². The lowest BCUT2D eigenvalue weighted by Gasteiger charge is -1.99. The van der Waals surface area contributed by atoms with Crippen LogP contribution in [0.4, 0.5) is 0 Å². The number of nitrogens with zero attached hydrogens (tertiary/aromatic N) is 3. The van der Waals surface area contributed by atoms with Crippen LogP contribution < -0.4 is 5.32 Å². The fraction of sp³-hybridized carbons (Fsp3) is 0.538. The smallest absolute Gasteiger partial charge is 0.195 e. The van der Waals surface area contributed by atoms with Gasteiger partial charge < -0.3 is 14.3 Å². The third-order valence-electron chi connectivity index (χ3n) is 3.09. The van der Waals surface area contributed by atoms with Crippen LogP contribution in [0.15, 0.2) is 23.1 Å². The number of hydrogen-bond acceptors (Lipinski definition) is 4. The lowest BCUT2D eigenvalue weighted by Crippen LogP contribution is -2.17. The molecular weight excluding hydrogens is 228 g/mol. The molecule has 1 aliphatic carbocycles. The Balaban J connectivity index is 1.52. The minimum absolute atomic E-state index is 0.751. The summed E-state index contributed by atoms with van der Waals surface area (Å²) in [5, 5.41) is 3.48. The van der Waals surface area contributed by atoms with Gasteiger partial charge in [0.1, 0.15) is 5.69 Å². The maximum Gasteiger partial charge on any atom is 0.195 e. The summed E-state index contributed by atoms with van der Waals surface area (Å²) in [5.41, 5.74) is 0.840. The van der Waals surface area contributed by atoms with E-state index < -0.39 is 0 Å². The lowest BCUT2D eigenvalue weighted by atomic mass is 10.3. The molecule has 1 N–H and O–H groups in total. The van der Waals surface area contributed by atoms with Gasteiger partial charge in [-0.25, -0.2) is 9.97 Å². The van der Waals surface area contributed by atoms with Crippen LogP contribution in [-0.2, 0) is 13.5 Å². The molecule has 1 fully saturated rings. The van der Waals surface area contributed by atoms with Gasteiger partial charge in [-0.1, -0.05) is 0 Å². The van der Waals surface area contributed by atoms with Crippen molar-refractivity contribution >= 4 is 0 Å². The van der Waals surface area contributed by atoms with E-state index in [9.17, 15) is 0 Å². The molecule has 5 heteroatoms. The van der Waals surface area contributed by atoms with E-state index in [0.717, 1.165) is 42.8 Å². The van der Waals surface area contributed by atoms with Crippen molar-refractivity contribution < 1.29 is 4.42 Å². The third kappa shape index (κ3) is 2.79. The van der Waals surface area contributed by atoms with Crippen LogP contribution in [0.2, 0.25) is 0 Å². The lowest BCUT2D eigenvalue weighted by molar-refractivity contribution is 0.490. The van der Waals surface area contributed by atoms with Crippen molar-refractivity contribution in [3.63, 3.8) is 0 Å². The number of rotatable bonds is 6. The number of aromatic nitrogens is 3. The number of imidazole rings is 1. The first-order chi connectivity index (χ1) is 8.81. The highest BCUT2D eigenvalue weighted by Crippen LogP contribution is 2.19. The van der Waals surface area contributed by atoms with Gasteiger partial charge in [0.15, 0.2) is 11.7 Å². The summed E-state index contributed by atoms with van der Waals surface area (Å²) in [5.74, 6) is 1.55. The molecule has 0 bridgehead atoms. The molecule has 0 aliphatic heterocycles. The van der Waals surface area contributed by atoms with E-state index in [4.69, 9.17) is 4.42 Å². The van der Waals surface area contributed by atoms with Crippen LogP contribution in [0.25, 0.3) is 11.5 Å². The SMILES string of the molecule is Cn1cnc(-c2cnc(CCCNC3CC3)o2)c1. The van der Waals surface area contributed by atoms with Crippen molar-refractivity contribution in [1.29, 1.82) is 0 Å². The van der Waals surface area contributed by atoms with Crippen LogP contribution in [0.3, 0.4) is 0 Å². The van der Waals surface area contributed by atoms with Crippen molar-refractivity contribution in [3.05, 3.63) is 24.6 Å². The zero-order valence-corrected chi connectivity index (χ0v) is 10.6. The van der Waals surface area contributed by atoms with E-state index in [1.54, 1.807) is 12.5 Å². The molecule has 2 heterocycles. The van der Waals surface area contributed by atoms with Gasteiger partial charge in [0.25, 0.3) is 0 Å². The van der Waals surface area contributed by atoms with Gasteiger partial charge in [0.2, 0.25) is 0 Å². The van der Waals surface area contributed by atoms with Crippen LogP contribution in [0.1, 0.15) is 25.2 Å². The molecule has 96 valence electrons. The van der Waals surface area contributed by atoms with E-state index in [1.807, 2.05) is 17.8 Å². The quantitative estimate of drug-likeness (QED) is 0.789. The Morgan fingerprint density at radius 1 is 1.44 bits per heavy atom. The minimum atomic E-state index is 0.751. The van der Waals surface area contributed by atoms with E-state index in [1.165, 1.54) is 12.8 Å². The molecule has 3 rings (SSSR count). The highest BCUT2D eigenvalue weighted by Gasteiger charge is 2.19. The van der Waals surface area contributed by atoms with Crippen molar-refractivity contribution in [3.8, 4) is 11.5 Å². The summed E-state index contributed by atoms with van der Waals surface area (Å²) in [6.45, 7) is 1.05. The molecule has 2 aromatic heterocycles. The van der Waals surface area contributed by atoms with Crippen LogP contribution in [-0.4, -0.2) is 27.1 Å². The van der Waals surface area contributed by atoms with Crippen molar-refractivity contribution in [2.75, 3.05) is 6.54 Å². The summed E-state index contributed by atoms with van der Waals surface area (Å²) in [6.07, 6.45) is 10.1. The molecule has 2 aromatic rings. The van der Waals surface area contributed by atoms with E-state index >= 15 is 0 Å². The summed E-state index contributed by atoms with van der Waals surface area (Å²) in [7, 11) is 1.94. The minimum Gasteiger partial charge on any atom is -0.439 e. The van der Waals surface area contributed by atoms with Gasteiger partial charge in [0.05, 0.1) is 12.5 Å². The molecular formula is C13H18N4O. The van der Waals surface area contributed by atoms with E-state index in [2.05, 4.69) is 15.3 Å².